The van der Waals surface area contributed by atoms with Crippen LogP contribution in [0, 0.1) is 0 Å². The molecule has 1 N–H and O–H groups in total. The molecule has 1 aromatic carbocycles. The van der Waals surface area contributed by atoms with Crippen molar-refractivity contribution in [1.82, 2.24) is 0 Å². The van der Waals surface area contributed by atoms with E-state index in [9.17, 15) is 25.9 Å². The zero-order valence-electron chi connectivity index (χ0n) is 9.35. The Hall–Kier alpha value is 0.640. The third-order valence-electron chi connectivity index (χ3n) is 1.39. The van der Waals surface area contributed by atoms with Gasteiger partial charge >= 0.3 is 59.1 Å². The first-order valence-electron chi connectivity index (χ1n) is 3.54. The quantitative estimate of drug-likeness (QED) is 0.329. The Morgan fingerprint density at radius 3 is 1.94 bits per heavy atom. The number of phenolic OH excluding ortho intramolecular Hbond substituents is 1. The maximum Gasteiger partial charge on any atom is 1.00 e. The largest absolute Gasteiger partial charge is 1.00 e. The van der Waals surface area contributed by atoms with E-state index in [1.165, 1.54) is 0 Å². The number of rotatable bonds is 3. The first kappa shape index (κ1) is 20.9. The van der Waals surface area contributed by atoms with E-state index in [1.54, 1.807) is 0 Å². The fourth-order valence-electron chi connectivity index (χ4n) is 0.871. The third kappa shape index (κ3) is 6.70. The zero-order chi connectivity index (χ0) is 12.6. The summed E-state index contributed by atoms with van der Waals surface area (Å²) in [6.45, 7) is 0. The second-order valence-corrected chi connectivity index (χ2v) is 4.91. The Morgan fingerprint density at radius 1 is 1.06 bits per heavy atom. The van der Waals surface area contributed by atoms with Gasteiger partial charge in [0, 0.05) is 6.07 Å². The van der Waals surface area contributed by atoms with E-state index < -0.39 is 36.9 Å². The molecule has 18 heavy (non-hydrogen) atoms. The van der Waals surface area contributed by atoms with Crippen LogP contribution in [0.3, 0.4) is 0 Å². The topological polar surface area (TPSA) is 144 Å². The van der Waals surface area contributed by atoms with Crippen LogP contribution in [-0.4, -0.2) is 31.0 Å². The fraction of sp³-hybridized carbons (Fsp3) is 0. The summed E-state index contributed by atoms with van der Waals surface area (Å²) in [5.41, 5.74) is 0. The van der Waals surface area contributed by atoms with Gasteiger partial charge in [0.1, 0.15) is 20.8 Å². The average Bonchev–Trinajstić information content (AvgIpc) is 2.04. The van der Waals surface area contributed by atoms with E-state index in [-0.39, 0.29) is 59.1 Å². The molecule has 12 heteroatoms. The minimum absolute atomic E-state index is 0. The van der Waals surface area contributed by atoms with Gasteiger partial charge in [-0.2, -0.15) is 0 Å². The smallest absolute Gasteiger partial charge is 0.744 e. The molecular weight excluding hydrogens is 310 g/mol. The molecule has 0 heterocycles. The van der Waals surface area contributed by atoms with Gasteiger partial charge in [-0.3, -0.25) is 0 Å². The molecular formula is C6H4Na2O8S2. The minimum atomic E-state index is -5.21. The van der Waals surface area contributed by atoms with Crippen LogP contribution in [0.15, 0.2) is 23.1 Å². The van der Waals surface area contributed by atoms with E-state index in [0.717, 1.165) is 6.07 Å². The van der Waals surface area contributed by atoms with Crippen molar-refractivity contribution < 1.29 is 94.3 Å². The van der Waals surface area contributed by atoms with E-state index in [1.807, 2.05) is 0 Å². The van der Waals surface area contributed by atoms with E-state index in [2.05, 4.69) is 4.18 Å². The van der Waals surface area contributed by atoms with E-state index in [4.69, 9.17) is 5.11 Å². The number of benzene rings is 1. The van der Waals surface area contributed by atoms with Gasteiger partial charge < -0.3 is 18.4 Å². The Labute approximate surface area is 148 Å². The SMILES string of the molecule is O=S(=O)([O-])Oc1ccc(O)cc1S(=O)(=O)[O-].[Na+].[Na+]. The second-order valence-electron chi connectivity index (χ2n) is 2.58. The molecule has 1 rings (SSSR count). The number of hydrogen-bond donors (Lipinski definition) is 1. The monoisotopic (exact) mass is 314 g/mol. The predicted molar refractivity (Wildman–Crippen MR) is 46.4 cm³/mol. The summed E-state index contributed by atoms with van der Waals surface area (Å²) >= 11 is 0. The molecule has 0 fully saturated rings. The van der Waals surface area contributed by atoms with Crippen molar-refractivity contribution in [1.29, 1.82) is 0 Å². The molecule has 0 amide bonds. The van der Waals surface area contributed by atoms with Crippen LogP contribution in [0.5, 0.6) is 11.5 Å². The normalized spacial score (nSPS) is 11.0. The van der Waals surface area contributed by atoms with Crippen LogP contribution < -0.4 is 63.3 Å². The standard InChI is InChI=1S/C6H6O8S2.2Na/c7-4-1-2-5(14-16(11,12)13)6(3-4)15(8,9)10;;/h1-3,7H,(H,8,9,10)(H,11,12,13);;/q;2*+1/p-2. The van der Waals surface area contributed by atoms with Crippen molar-refractivity contribution in [3.63, 3.8) is 0 Å². The van der Waals surface area contributed by atoms with Crippen molar-refractivity contribution in [2.24, 2.45) is 0 Å². The molecule has 0 saturated heterocycles. The maximum absolute atomic E-state index is 10.6. The zero-order valence-corrected chi connectivity index (χ0v) is 15.0. The summed E-state index contributed by atoms with van der Waals surface area (Å²) in [6, 6.07) is 2.01. The second kappa shape index (κ2) is 7.43. The molecule has 90 valence electrons. The third-order valence-corrected chi connectivity index (χ3v) is 2.63. The molecule has 1 aromatic rings. The molecule has 8 nitrogen and oxygen atoms in total. The average molecular weight is 314 g/mol. The van der Waals surface area contributed by atoms with Crippen LogP contribution in [0.1, 0.15) is 0 Å². The summed E-state index contributed by atoms with van der Waals surface area (Å²) in [7, 11) is -10.3. The first-order chi connectivity index (χ1) is 7.09. The summed E-state index contributed by atoms with van der Waals surface area (Å²) in [5, 5.41) is 8.91. The Bertz CT molecular complexity index is 608. The Morgan fingerprint density at radius 2 is 1.56 bits per heavy atom. The van der Waals surface area contributed by atoms with Crippen molar-refractivity contribution in [2.75, 3.05) is 0 Å². The van der Waals surface area contributed by atoms with Gasteiger partial charge in [-0.15, -0.1) is 0 Å². The van der Waals surface area contributed by atoms with Gasteiger partial charge in [0.2, 0.25) is 0 Å². The van der Waals surface area contributed by atoms with Gasteiger partial charge in [0.05, 0.1) is 0 Å². The Kier molecular flexibility index (Phi) is 8.65. The van der Waals surface area contributed by atoms with Gasteiger partial charge in [0.25, 0.3) is 10.4 Å². The molecule has 0 radical (unpaired) electrons. The minimum Gasteiger partial charge on any atom is -0.744 e. The molecule has 0 atom stereocenters. The van der Waals surface area contributed by atoms with Crippen LogP contribution in [-0.2, 0) is 20.5 Å². The van der Waals surface area contributed by atoms with E-state index >= 15 is 0 Å². The molecule has 0 aliphatic rings. The van der Waals surface area contributed by atoms with Crippen LogP contribution in [0.2, 0.25) is 0 Å². The van der Waals surface area contributed by atoms with Gasteiger partial charge in [-0.05, 0) is 12.1 Å². The van der Waals surface area contributed by atoms with Crippen LogP contribution in [0.4, 0.5) is 0 Å². The molecule has 0 unspecified atom stereocenters. The molecule has 0 aliphatic carbocycles. The van der Waals surface area contributed by atoms with Crippen molar-refractivity contribution in [2.45, 2.75) is 4.90 Å². The van der Waals surface area contributed by atoms with Crippen LogP contribution >= 0.6 is 0 Å². The molecule has 0 aromatic heterocycles. The summed E-state index contributed by atoms with van der Waals surface area (Å²) < 4.78 is 66.4. The van der Waals surface area contributed by atoms with Crippen molar-refractivity contribution >= 4 is 20.5 Å². The number of phenols is 1. The summed E-state index contributed by atoms with van der Waals surface area (Å²) in [5.74, 6) is -1.55. The molecule has 0 saturated carbocycles. The fourth-order valence-corrected chi connectivity index (χ4v) is 1.91. The summed E-state index contributed by atoms with van der Waals surface area (Å²) in [6.07, 6.45) is 0. The van der Waals surface area contributed by atoms with Gasteiger partial charge in [-0.1, -0.05) is 0 Å². The van der Waals surface area contributed by atoms with Crippen LogP contribution in [0.25, 0.3) is 0 Å². The molecule has 0 spiro atoms. The predicted octanol–water partition coefficient (Wildman–Crippen LogP) is -6.86. The van der Waals surface area contributed by atoms with Crippen molar-refractivity contribution in [3.8, 4) is 11.5 Å². The number of aromatic hydroxyl groups is 1. The van der Waals surface area contributed by atoms with Crippen molar-refractivity contribution in [3.05, 3.63) is 18.2 Å². The summed E-state index contributed by atoms with van der Waals surface area (Å²) in [4.78, 5) is -1.13. The maximum atomic E-state index is 10.6. The first-order valence-corrected chi connectivity index (χ1v) is 6.28. The van der Waals surface area contributed by atoms with Gasteiger partial charge in [0.15, 0.2) is 5.75 Å². The molecule has 0 bridgehead atoms. The van der Waals surface area contributed by atoms with E-state index in [0.29, 0.717) is 12.1 Å². The number of hydrogen-bond acceptors (Lipinski definition) is 8. The Balaban J connectivity index is 0. The molecule has 0 aliphatic heterocycles. The van der Waals surface area contributed by atoms with Gasteiger partial charge in [-0.25, -0.2) is 16.8 Å².